The molecular formula is C17H29IO2Si. The van der Waals surface area contributed by atoms with Crippen LogP contribution >= 0.6 is 22.6 Å². The number of halogens is 1. The van der Waals surface area contributed by atoms with Gasteiger partial charge in [0.05, 0.1) is 18.8 Å². The lowest BCUT2D eigenvalue weighted by molar-refractivity contribution is -0.0170. The minimum Gasteiger partial charge on any atom is -0.412 e. The van der Waals surface area contributed by atoms with E-state index in [-0.39, 0.29) is 17.2 Å². The molecule has 1 aromatic carbocycles. The summed E-state index contributed by atoms with van der Waals surface area (Å²) < 4.78 is 13.5. The molecule has 0 aliphatic heterocycles. The van der Waals surface area contributed by atoms with E-state index in [1.165, 1.54) is 5.56 Å². The molecule has 4 heteroatoms. The Morgan fingerprint density at radius 3 is 2.19 bits per heavy atom. The third-order valence-electron chi connectivity index (χ3n) is 4.27. The van der Waals surface area contributed by atoms with Crippen LogP contribution in [0.5, 0.6) is 0 Å². The number of benzene rings is 1. The molecule has 21 heavy (non-hydrogen) atoms. The molecule has 0 N–H and O–H groups in total. The summed E-state index contributed by atoms with van der Waals surface area (Å²) in [6, 6.07) is 10.3. The maximum Gasteiger partial charge on any atom is 0.192 e. The zero-order chi connectivity index (χ0) is 16.1. The van der Waals surface area contributed by atoms with E-state index in [9.17, 15) is 0 Å². The molecule has 0 saturated carbocycles. The summed E-state index contributed by atoms with van der Waals surface area (Å²) in [5, 5.41) is 0.233. The van der Waals surface area contributed by atoms with E-state index in [1.54, 1.807) is 0 Å². The Balaban J connectivity index is 2.59. The molecule has 0 fully saturated rings. The fourth-order valence-corrected chi connectivity index (χ4v) is 4.21. The van der Waals surface area contributed by atoms with Gasteiger partial charge < -0.3 is 9.16 Å². The van der Waals surface area contributed by atoms with Crippen molar-refractivity contribution in [3.8, 4) is 0 Å². The Bertz CT molecular complexity index is 415. The van der Waals surface area contributed by atoms with Crippen molar-refractivity contribution < 1.29 is 9.16 Å². The minimum atomic E-state index is -1.74. The molecule has 0 aliphatic carbocycles. The van der Waals surface area contributed by atoms with Crippen LogP contribution in [0.15, 0.2) is 30.3 Å². The van der Waals surface area contributed by atoms with E-state index in [2.05, 4.69) is 75.5 Å². The average molecular weight is 420 g/mol. The Morgan fingerprint density at radius 2 is 1.71 bits per heavy atom. The lowest BCUT2D eigenvalue weighted by atomic mass is 10.2. The van der Waals surface area contributed by atoms with Crippen LogP contribution in [0.1, 0.15) is 33.3 Å². The van der Waals surface area contributed by atoms with Gasteiger partial charge in [-0.1, -0.05) is 73.7 Å². The van der Waals surface area contributed by atoms with E-state index in [0.717, 1.165) is 4.43 Å². The van der Waals surface area contributed by atoms with Gasteiger partial charge in [-0.3, -0.25) is 0 Å². The predicted molar refractivity (Wildman–Crippen MR) is 102 cm³/mol. The van der Waals surface area contributed by atoms with Gasteiger partial charge >= 0.3 is 0 Å². The molecule has 0 unspecified atom stereocenters. The summed E-state index contributed by atoms with van der Waals surface area (Å²) in [4.78, 5) is 0. The van der Waals surface area contributed by atoms with Gasteiger partial charge in [0, 0.05) is 4.43 Å². The zero-order valence-electron chi connectivity index (χ0n) is 14.2. The van der Waals surface area contributed by atoms with Crippen molar-refractivity contribution in [1.29, 1.82) is 0 Å². The lowest BCUT2D eigenvalue weighted by Gasteiger charge is -2.40. The largest absolute Gasteiger partial charge is 0.412 e. The summed E-state index contributed by atoms with van der Waals surface area (Å²) in [5.74, 6) is 0. The number of ether oxygens (including phenoxy) is 1. The highest BCUT2D eigenvalue weighted by Gasteiger charge is 2.39. The molecule has 0 radical (unpaired) electrons. The first-order valence-electron chi connectivity index (χ1n) is 7.56. The maximum absolute atomic E-state index is 6.45. The van der Waals surface area contributed by atoms with Crippen molar-refractivity contribution in [2.45, 2.75) is 64.6 Å². The molecule has 0 heterocycles. The number of alkyl halides is 1. The van der Waals surface area contributed by atoms with Gasteiger partial charge in [0.2, 0.25) is 0 Å². The number of rotatable bonds is 7. The Morgan fingerprint density at radius 1 is 1.14 bits per heavy atom. The van der Waals surface area contributed by atoms with Crippen LogP contribution in [0.3, 0.4) is 0 Å². The van der Waals surface area contributed by atoms with Crippen LogP contribution < -0.4 is 0 Å². The van der Waals surface area contributed by atoms with Crippen LogP contribution in [0, 0.1) is 0 Å². The van der Waals surface area contributed by atoms with Crippen molar-refractivity contribution >= 4 is 30.9 Å². The third-order valence-corrected chi connectivity index (χ3v) is 9.71. The summed E-state index contributed by atoms with van der Waals surface area (Å²) in [5.41, 5.74) is 1.21. The van der Waals surface area contributed by atoms with Crippen molar-refractivity contribution in [1.82, 2.24) is 0 Å². The first-order valence-corrected chi connectivity index (χ1v) is 12.0. The lowest BCUT2D eigenvalue weighted by Crippen LogP contribution is -2.47. The summed E-state index contributed by atoms with van der Waals surface area (Å²) in [6.45, 7) is 14.2. The molecule has 120 valence electrons. The topological polar surface area (TPSA) is 18.5 Å². The molecule has 1 aromatic rings. The molecule has 0 spiro atoms. The standard InChI is InChI=1S/C17H29IO2Si/c1-14(20-21(5,6)17(2,3)4)16(12-18)19-13-15-10-8-7-9-11-15/h7-11,14,16H,12-13H2,1-6H3/t14-,16+/m1/s1. The Labute approximate surface area is 144 Å². The summed E-state index contributed by atoms with van der Waals surface area (Å²) in [6.07, 6.45) is 0.270. The third kappa shape index (κ3) is 6.00. The van der Waals surface area contributed by atoms with E-state index in [1.807, 2.05) is 18.2 Å². The maximum atomic E-state index is 6.45. The number of hydrogen-bond acceptors (Lipinski definition) is 2. The van der Waals surface area contributed by atoms with Gasteiger partial charge in [0.15, 0.2) is 8.32 Å². The monoisotopic (exact) mass is 420 g/mol. The van der Waals surface area contributed by atoms with Crippen LogP contribution in [0.25, 0.3) is 0 Å². The normalized spacial score (nSPS) is 15.8. The van der Waals surface area contributed by atoms with Crippen molar-refractivity contribution in [3.63, 3.8) is 0 Å². The minimum absolute atomic E-state index is 0.131. The molecule has 0 bridgehead atoms. The molecular weight excluding hydrogens is 391 g/mol. The Hall–Kier alpha value is 0.0869. The fraction of sp³-hybridized carbons (Fsp3) is 0.647. The van der Waals surface area contributed by atoms with Crippen LogP contribution in [0.2, 0.25) is 18.1 Å². The molecule has 2 atom stereocenters. The van der Waals surface area contributed by atoms with Gasteiger partial charge in [-0.15, -0.1) is 0 Å². The first kappa shape index (κ1) is 19.1. The first-order chi connectivity index (χ1) is 9.67. The second-order valence-electron chi connectivity index (χ2n) is 7.07. The molecule has 0 saturated heterocycles. The molecule has 0 amide bonds. The van der Waals surface area contributed by atoms with Crippen LogP contribution in [-0.2, 0) is 15.8 Å². The van der Waals surface area contributed by atoms with E-state index >= 15 is 0 Å². The Kier molecular flexibility index (Phi) is 7.37. The highest BCUT2D eigenvalue weighted by molar-refractivity contribution is 14.1. The van der Waals surface area contributed by atoms with Gasteiger partial charge in [0.1, 0.15) is 0 Å². The van der Waals surface area contributed by atoms with Crippen molar-refractivity contribution in [2.75, 3.05) is 4.43 Å². The number of hydrogen-bond donors (Lipinski definition) is 0. The smallest absolute Gasteiger partial charge is 0.192 e. The summed E-state index contributed by atoms with van der Waals surface area (Å²) >= 11 is 2.39. The highest BCUT2D eigenvalue weighted by atomic mass is 127. The predicted octanol–water partition coefficient (Wildman–Crippen LogP) is 5.42. The van der Waals surface area contributed by atoms with Gasteiger partial charge in [-0.25, -0.2) is 0 Å². The molecule has 0 aromatic heterocycles. The van der Waals surface area contributed by atoms with Crippen molar-refractivity contribution in [3.05, 3.63) is 35.9 Å². The second-order valence-corrected chi connectivity index (χ2v) is 12.7. The van der Waals surface area contributed by atoms with Gasteiger partial charge in [-0.2, -0.15) is 0 Å². The van der Waals surface area contributed by atoms with Gasteiger partial charge in [0.25, 0.3) is 0 Å². The van der Waals surface area contributed by atoms with Gasteiger partial charge in [-0.05, 0) is 30.6 Å². The van der Waals surface area contributed by atoms with Crippen molar-refractivity contribution in [2.24, 2.45) is 0 Å². The second kappa shape index (κ2) is 8.08. The fourth-order valence-electron chi connectivity index (χ4n) is 1.80. The molecule has 1 rings (SSSR count). The highest BCUT2D eigenvalue weighted by Crippen LogP contribution is 2.37. The SMILES string of the molecule is C[C@@H](O[Si](C)(C)C(C)(C)C)[C@H](CI)OCc1ccccc1. The van der Waals surface area contributed by atoms with E-state index in [0.29, 0.717) is 6.61 Å². The van der Waals surface area contributed by atoms with E-state index < -0.39 is 8.32 Å². The zero-order valence-corrected chi connectivity index (χ0v) is 17.3. The summed E-state index contributed by atoms with van der Waals surface area (Å²) in [7, 11) is -1.74. The molecule has 2 nitrogen and oxygen atoms in total. The molecule has 0 aliphatic rings. The van der Waals surface area contributed by atoms with E-state index in [4.69, 9.17) is 9.16 Å². The average Bonchev–Trinajstić information content (AvgIpc) is 2.38. The van der Waals surface area contributed by atoms with Crippen LogP contribution in [0.4, 0.5) is 0 Å². The quantitative estimate of drug-likeness (QED) is 0.333. The van der Waals surface area contributed by atoms with Crippen LogP contribution in [-0.4, -0.2) is 25.0 Å².